The minimum absolute atomic E-state index is 0.0138. The summed E-state index contributed by atoms with van der Waals surface area (Å²) < 4.78 is 5.82. The van der Waals surface area contributed by atoms with Crippen LogP contribution in [0.4, 0.5) is 5.69 Å². The van der Waals surface area contributed by atoms with Crippen LogP contribution in [0.2, 0.25) is 0 Å². The van der Waals surface area contributed by atoms with Crippen LogP contribution >= 0.6 is 15.9 Å². The Hall–Kier alpha value is -1.43. The fourth-order valence-electron chi connectivity index (χ4n) is 1.26. The molecule has 0 heterocycles. The molecular weight excluding hydrogens is 302 g/mol. The molecule has 0 bridgehead atoms. The van der Waals surface area contributed by atoms with E-state index in [9.17, 15) is 14.9 Å². The second-order valence-corrected chi connectivity index (χ2v) is 4.88. The van der Waals surface area contributed by atoms with Crippen molar-refractivity contribution < 1.29 is 14.5 Å². The third kappa shape index (κ3) is 4.10. The lowest BCUT2D eigenvalue weighted by atomic mass is 10.1. The number of hydrogen-bond acceptors (Lipinski definition) is 4. The van der Waals surface area contributed by atoms with Crippen molar-refractivity contribution in [1.29, 1.82) is 0 Å². The minimum Gasteiger partial charge on any atom is -0.486 e. The van der Waals surface area contributed by atoms with Gasteiger partial charge in [-0.15, -0.1) is 0 Å². The molecule has 1 atom stereocenters. The van der Waals surface area contributed by atoms with Gasteiger partial charge < -0.3 is 4.74 Å². The summed E-state index contributed by atoms with van der Waals surface area (Å²) in [6, 6.07) is 4.27. The molecule has 0 aliphatic heterocycles. The Balaban J connectivity index is 2.73. The summed E-state index contributed by atoms with van der Waals surface area (Å²) in [5.74, 6) is 0.236. The third-order valence-corrected chi connectivity index (χ3v) is 3.07. The number of carbonyl (C=O) groups excluding carboxylic acids is 1. The van der Waals surface area contributed by atoms with Gasteiger partial charge in [-0.25, -0.2) is 0 Å². The molecule has 6 heteroatoms. The highest BCUT2D eigenvalue weighted by molar-refractivity contribution is 9.10. The van der Waals surface area contributed by atoms with E-state index < -0.39 is 4.92 Å². The van der Waals surface area contributed by atoms with Crippen LogP contribution in [-0.4, -0.2) is 17.3 Å². The van der Waals surface area contributed by atoms with Crippen LogP contribution in [0.5, 0.6) is 5.75 Å². The number of ketones is 1. The molecule has 5 nitrogen and oxygen atoms in total. The summed E-state index contributed by atoms with van der Waals surface area (Å²) in [6.45, 7) is 3.68. The minimum atomic E-state index is -0.506. The monoisotopic (exact) mass is 315 g/mol. The van der Waals surface area contributed by atoms with E-state index in [1.54, 1.807) is 6.07 Å². The van der Waals surface area contributed by atoms with Gasteiger partial charge in [0, 0.05) is 16.5 Å². The number of hydrogen-bond donors (Lipinski definition) is 0. The van der Waals surface area contributed by atoms with E-state index in [0.717, 1.165) is 6.42 Å². The summed E-state index contributed by atoms with van der Waals surface area (Å²) in [5, 5.41) is 10.7. The first-order valence-electron chi connectivity index (χ1n) is 5.54. The number of Topliss-reactive ketones (excluding diaryl/α,β-unsaturated/α-hetero) is 1. The maximum absolute atomic E-state index is 11.6. The van der Waals surface area contributed by atoms with Crippen molar-refractivity contribution in [1.82, 2.24) is 0 Å². The maximum Gasteiger partial charge on any atom is 0.274 e. The molecule has 1 rings (SSSR count). The molecule has 0 radical (unpaired) electrons. The van der Waals surface area contributed by atoms with E-state index in [1.807, 2.05) is 13.8 Å². The molecule has 0 saturated heterocycles. The number of nitrogens with zero attached hydrogens (tertiary/aromatic N) is 1. The molecule has 98 valence electrons. The van der Waals surface area contributed by atoms with Gasteiger partial charge in [0.05, 0.1) is 11.0 Å². The number of rotatable bonds is 6. The lowest BCUT2D eigenvalue weighted by molar-refractivity contribution is -0.385. The quantitative estimate of drug-likeness (QED) is 0.596. The Morgan fingerprint density at radius 2 is 2.17 bits per heavy atom. The van der Waals surface area contributed by atoms with Crippen LogP contribution in [0.15, 0.2) is 22.7 Å². The largest absolute Gasteiger partial charge is 0.486 e. The van der Waals surface area contributed by atoms with Crippen LogP contribution < -0.4 is 4.74 Å². The Bertz CT molecular complexity index is 461. The van der Waals surface area contributed by atoms with Gasteiger partial charge in [0.1, 0.15) is 12.4 Å². The SMILES string of the molecule is CCC(C)C(=O)COc1cc(Br)cc([N+](=O)[O-])c1. The van der Waals surface area contributed by atoms with Crippen molar-refractivity contribution in [2.24, 2.45) is 5.92 Å². The average Bonchev–Trinajstić information content (AvgIpc) is 2.34. The zero-order valence-electron chi connectivity index (χ0n) is 10.2. The lowest BCUT2D eigenvalue weighted by Crippen LogP contribution is -2.18. The van der Waals surface area contributed by atoms with E-state index in [2.05, 4.69) is 15.9 Å². The molecule has 1 unspecified atom stereocenters. The van der Waals surface area contributed by atoms with Crippen molar-refractivity contribution in [2.75, 3.05) is 6.61 Å². The molecule has 0 spiro atoms. The van der Waals surface area contributed by atoms with Crippen molar-refractivity contribution in [3.63, 3.8) is 0 Å². The van der Waals surface area contributed by atoms with E-state index in [1.165, 1.54) is 12.1 Å². The highest BCUT2D eigenvalue weighted by atomic mass is 79.9. The van der Waals surface area contributed by atoms with Crippen molar-refractivity contribution in [3.8, 4) is 5.75 Å². The molecule has 0 fully saturated rings. The Labute approximate surface area is 113 Å². The van der Waals surface area contributed by atoms with Crippen LogP contribution in [0.1, 0.15) is 20.3 Å². The van der Waals surface area contributed by atoms with E-state index >= 15 is 0 Å². The molecule has 0 aliphatic rings. The highest BCUT2D eigenvalue weighted by Gasteiger charge is 2.13. The summed E-state index contributed by atoms with van der Waals surface area (Å²) in [5.41, 5.74) is -0.0737. The number of nitro benzene ring substituents is 1. The Morgan fingerprint density at radius 1 is 1.50 bits per heavy atom. The number of halogens is 1. The second kappa shape index (κ2) is 6.49. The molecule has 0 aromatic heterocycles. The normalized spacial score (nSPS) is 11.9. The van der Waals surface area contributed by atoms with Gasteiger partial charge in [-0.1, -0.05) is 29.8 Å². The summed E-state index contributed by atoms with van der Waals surface area (Å²) >= 11 is 3.16. The van der Waals surface area contributed by atoms with Gasteiger partial charge in [-0.2, -0.15) is 0 Å². The number of carbonyl (C=O) groups is 1. The standard InChI is InChI=1S/C12H14BrNO4/c1-3-8(2)12(15)7-18-11-5-9(13)4-10(6-11)14(16)17/h4-6,8H,3,7H2,1-2H3. The number of benzene rings is 1. The van der Waals surface area contributed by atoms with Crippen molar-refractivity contribution >= 4 is 27.4 Å². The van der Waals surface area contributed by atoms with Crippen LogP contribution in [0, 0.1) is 16.0 Å². The number of ether oxygens (including phenoxy) is 1. The van der Waals surface area contributed by atoms with Crippen LogP contribution in [0.25, 0.3) is 0 Å². The van der Waals surface area contributed by atoms with Gasteiger partial charge in [-0.05, 0) is 12.5 Å². The maximum atomic E-state index is 11.6. The molecule has 1 aromatic carbocycles. The Kier molecular flexibility index (Phi) is 5.27. The highest BCUT2D eigenvalue weighted by Crippen LogP contribution is 2.26. The summed E-state index contributed by atoms with van der Waals surface area (Å²) in [7, 11) is 0. The first-order valence-corrected chi connectivity index (χ1v) is 6.33. The smallest absolute Gasteiger partial charge is 0.274 e. The lowest BCUT2D eigenvalue weighted by Gasteiger charge is -2.09. The molecule has 0 N–H and O–H groups in total. The zero-order chi connectivity index (χ0) is 13.7. The van der Waals surface area contributed by atoms with Gasteiger partial charge in [-0.3, -0.25) is 14.9 Å². The van der Waals surface area contributed by atoms with Gasteiger partial charge in [0.2, 0.25) is 0 Å². The van der Waals surface area contributed by atoms with E-state index in [4.69, 9.17) is 4.74 Å². The molecule has 0 saturated carbocycles. The summed E-state index contributed by atoms with van der Waals surface area (Å²) in [4.78, 5) is 21.7. The number of nitro groups is 1. The molecule has 0 aliphatic carbocycles. The van der Waals surface area contributed by atoms with Gasteiger partial charge >= 0.3 is 0 Å². The van der Waals surface area contributed by atoms with Crippen molar-refractivity contribution in [3.05, 3.63) is 32.8 Å². The zero-order valence-corrected chi connectivity index (χ0v) is 11.8. The van der Waals surface area contributed by atoms with E-state index in [0.29, 0.717) is 10.2 Å². The fraction of sp³-hybridized carbons (Fsp3) is 0.417. The van der Waals surface area contributed by atoms with Gasteiger partial charge in [0.15, 0.2) is 5.78 Å². The number of non-ortho nitro benzene ring substituents is 1. The molecular formula is C12H14BrNO4. The molecule has 0 amide bonds. The predicted octanol–water partition coefficient (Wildman–Crippen LogP) is 3.35. The molecule has 1 aromatic rings. The summed E-state index contributed by atoms with van der Waals surface area (Å²) in [6.07, 6.45) is 0.751. The second-order valence-electron chi connectivity index (χ2n) is 3.97. The topological polar surface area (TPSA) is 69.4 Å². The average molecular weight is 316 g/mol. The van der Waals surface area contributed by atoms with E-state index in [-0.39, 0.29) is 24.0 Å². The first-order chi connectivity index (χ1) is 8.43. The first kappa shape index (κ1) is 14.6. The predicted molar refractivity (Wildman–Crippen MR) is 70.8 cm³/mol. The van der Waals surface area contributed by atoms with Crippen LogP contribution in [0.3, 0.4) is 0 Å². The van der Waals surface area contributed by atoms with Crippen molar-refractivity contribution in [2.45, 2.75) is 20.3 Å². The molecule has 18 heavy (non-hydrogen) atoms. The fourth-order valence-corrected chi connectivity index (χ4v) is 1.72. The van der Waals surface area contributed by atoms with Gasteiger partial charge in [0.25, 0.3) is 5.69 Å². The Morgan fingerprint density at radius 3 is 2.72 bits per heavy atom. The third-order valence-electron chi connectivity index (χ3n) is 2.61. The van der Waals surface area contributed by atoms with Crippen LogP contribution in [-0.2, 0) is 4.79 Å².